The number of nitrogens with one attached hydrogen (secondary N) is 1. The fourth-order valence-electron chi connectivity index (χ4n) is 2.40. The van der Waals surface area contributed by atoms with Gasteiger partial charge in [0, 0.05) is 5.92 Å². The van der Waals surface area contributed by atoms with Crippen molar-refractivity contribution in [3.05, 3.63) is 29.8 Å². The van der Waals surface area contributed by atoms with Crippen LogP contribution in [0.5, 0.6) is 5.75 Å². The average Bonchev–Trinajstić information content (AvgIpc) is 2.57. The summed E-state index contributed by atoms with van der Waals surface area (Å²) in [6, 6.07) is 6.75. The number of carbonyl (C=O) groups excluding carboxylic acids is 2. The molecule has 0 radical (unpaired) electrons. The fourth-order valence-corrected chi connectivity index (χ4v) is 2.40. The van der Waals surface area contributed by atoms with Crippen LogP contribution in [-0.2, 0) is 4.79 Å². The molecule has 0 unspecified atom stereocenters. The van der Waals surface area contributed by atoms with Gasteiger partial charge in [-0.15, -0.1) is 0 Å². The van der Waals surface area contributed by atoms with Gasteiger partial charge in [-0.05, 0) is 25.0 Å². The zero-order valence-electron chi connectivity index (χ0n) is 14.4. The number of ether oxygens (including phenoxy) is 1. The van der Waals surface area contributed by atoms with E-state index in [9.17, 15) is 9.59 Å². The molecule has 0 bridgehead atoms. The molecular weight excluding hydrogens is 304 g/mol. The van der Waals surface area contributed by atoms with Crippen LogP contribution in [0, 0.1) is 17.8 Å². The van der Waals surface area contributed by atoms with E-state index in [1.807, 2.05) is 0 Å². The van der Waals surface area contributed by atoms with E-state index in [0.717, 1.165) is 25.7 Å². The molecule has 3 N–H and O–H groups in total. The number of para-hydroxylation sites is 1. The van der Waals surface area contributed by atoms with Crippen LogP contribution in [0.1, 0.15) is 49.9 Å². The molecule has 0 atom stereocenters. The SMILES string of the molecule is CCCC(CCC)C(=O)NCC#CCOc1ccccc1C(N)=O. The molecule has 1 aromatic rings. The normalized spacial score (nSPS) is 9.96. The second-order valence-electron chi connectivity index (χ2n) is 5.49. The van der Waals surface area contributed by atoms with Crippen molar-refractivity contribution < 1.29 is 14.3 Å². The summed E-state index contributed by atoms with van der Waals surface area (Å²) >= 11 is 0. The smallest absolute Gasteiger partial charge is 0.252 e. The predicted molar refractivity (Wildman–Crippen MR) is 94.5 cm³/mol. The molecule has 0 heterocycles. The van der Waals surface area contributed by atoms with Crippen molar-refractivity contribution in [1.29, 1.82) is 0 Å². The third-order valence-corrected chi connectivity index (χ3v) is 3.57. The van der Waals surface area contributed by atoms with Crippen LogP contribution in [0.3, 0.4) is 0 Å². The Bertz CT molecular complexity index is 596. The zero-order chi connectivity index (χ0) is 17.8. The number of nitrogens with two attached hydrogens (primary N) is 1. The van der Waals surface area contributed by atoms with Crippen molar-refractivity contribution in [2.75, 3.05) is 13.2 Å². The largest absolute Gasteiger partial charge is 0.480 e. The van der Waals surface area contributed by atoms with Gasteiger partial charge < -0.3 is 15.8 Å². The van der Waals surface area contributed by atoms with Gasteiger partial charge >= 0.3 is 0 Å². The minimum absolute atomic E-state index is 0.0630. The lowest BCUT2D eigenvalue weighted by atomic mass is 9.97. The minimum atomic E-state index is -0.538. The Morgan fingerprint density at radius 2 is 1.83 bits per heavy atom. The molecule has 130 valence electrons. The summed E-state index contributed by atoms with van der Waals surface area (Å²) in [4.78, 5) is 23.3. The highest BCUT2D eigenvalue weighted by Gasteiger charge is 2.15. The number of benzene rings is 1. The van der Waals surface area contributed by atoms with Crippen LogP contribution in [0.4, 0.5) is 0 Å². The molecule has 5 nitrogen and oxygen atoms in total. The van der Waals surface area contributed by atoms with Gasteiger partial charge in [0.2, 0.25) is 5.91 Å². The molecule has 1 rings (SSSR count). The van der Waals surface area contributed by atoms with Crippen molar-refractivity contribution in [2.45, 2.75) is 39.5 Å². The van der Waals surface area contributed by atoms with Crippen LogP contribution in [-0.4, -0.2) is 25.0 Å². The third-order valence-electron chi connectivity index (χ3n) is 3.57. The van der Waals surface area contributed by atoms with Gasteiger partial charge in [-0.2, -0.15) is 0 Å². The van der Waals surface area contributed by atoms with E-state index >= 15 is 0 Å². The average molecular weight is 330 g/mol. The molecule has 0 saturated carbocycles. The lowest BCUT2D eigenvalue weighted by Gasteiger charge is -2.13. The Morgan fingerprint density at radius 3 is 2.46 bits per heavy atom. The number of hydrogen-bond acceptors (Lipinski definition) is 3. The molecule has 0 aliphatic carbocycles. The Hall–Kier alpha value is -2.48. The first-order chi connectivity index (χ1) is 11.6. The first kappa shape index (κ1) is 19.6. The van der Waals surface area contributed by atoms with Crippen molar-refractivity contribution in [3.8, 4) is 17.6 Å². The van der Waals surface area contributed by atoms with Crippen molar-refractivity contribution in [1.82, 2.24) is 5.32 Å². The lowest BCUT2D eigenvalue weighted by Crippen LogP contribution is -2.31. The van der Waals surface area contributed by atoms with Crippen molar-refractivity contribution >= 4 is 11.8 Å². The van der Waals surface area contributed by atoms with Crippen molar-refractivity contribution in [2.24, 2.45) is 11.7 Å². The highest BCUT2D eigenvalue weighted by atomic mass is 16.5. The topological polar surface area (TPSA) is 81.4 Å². The van der Waals surface area contributed by atoms with E-state index < -0.39 is 5.91 Å². The molecule has 1 aromatic carbocycles. The van der Waals surface area contributed by atoms with Crippen LogP contribution in [0.2, 0.25) is 0 Å². The highest BCUT2D eigenvalue weighted by molar-refractivity contribution is 5.95. The summed E-state index contributed by atoms with van der Waals surface area (Å²) in [7, 11) is 0. The van der Waals surface area contributed by atoms with E-state index in [-0.39, 0.29) is 18.4 Å². The predicted octanol–water partition coefficient (Wildman–Crippen LogP) is 2.50. The van der Waals surface area contributed by atoms with Gasteiger partial charge in [0.05, 0.1) is 12.1 Å². The zero-order valence-corrected chi connectivity index (χ0v) is 14.4. The van der Waals surface area contributed by atoms with Gasteiger partial charge in [-0.25, -0.2) is 0 Å². The number of amides is 2. The van der Waals surface area contributed by atoms with E-state index in [4.69, 9.17) is 10.5 Å². The Balaban J connectivity index is 2.40. The monoisotopic (exact) mass is 330 g/mol. The molecule has 2 amide bonds. The fraction of sp³-hybridized carbons (Fsp3) is 0.474. The quantitative estimate of drug-likeness (QED) is 0.683. The minimum Gasteiger partial charge on any atom is -0.480 e. The summed E-state index contributed by atoms with van der Waals surface area (Å²) in [5.74, 6) is 5.68. The molecule has 5 heteroatoms. The summed E-state index contributed by atoms with van der Waals surface area (Å²) in [6.07, 6.45) is 3.80. The number of rotatable bonds is 9. The van der Waals surface area contributed by atoms with E-state index in [1.165, 1.54) is 0 Å². The van der Waals surface area contributed by atoms with Crippen molar-refractivity contribution in [3.63, 3.8) is 0 Å². The maximum absolute atomic E-state index is 12.0. The Morgan fingerprint density at radius 1 is 1.17 bits per heavy atom. The molecule has 0 spiro atoms. The molecule has 0 saturated heterocycles. The van der Waals surface area contributed by atoms with Gasteiger partial charge in [-0.3, -0.25) is 9.59 Å². The maximum atomic E-state index is 12.0. The number of carbonyl (C=O) groups is 2. The second kappa shape index (κ2) is 11.1. The maximum Gasteiger partial charge on any atom is 0.252 e. The van der Waals surface area contributed by atoms with E-state index in [2.05, 4.69) is 31.0 Å². The second-order valence-corrected chi connectivity index (χ2v) is 5.49. The van der Waals surface area contributed by atoms with E-state index in [0.29, 0.717) is 17.9 Å². The third kappa shape index (κ3) is 6.74. The van der Waals surface area contributed by atoms with E-state index in [1.54, 1.807) is 24.3 Å². The summed E-state index contributed by atoms with van der Waals surface area (Å²) < 4.78 is 5.44. The lowest BCUT2D eigenvalue weighted by molar-refractivity contribution is -0.125. The molecule has 0 aliphatic rings. The molecular formula is C19H26N2O3. The first-order valence-electron chi connectivity index (χ1n) is 8.35. The summed E-state index contributed by atoms with van der Waals surface area (Å²) in [5.41, 5.74) is 5.60. The number of hydrogen-bond donors (Lipinski definition) is 2. The molecule has 0 aliphatic heterocycles. The van der Waals surface area contributed by atoms with Crippen LogP contribution < -0.4 is 15.8 Å². The molecule has 24 heavy (non-hydrogen) atoms. The van der Waals surface area contributed by atoms with Gasteiger partial charge in [0.1, 0.15) is 12.4 Å². The van der Waals surface area contributed by atoms with Gasteiger partial charge in [-0.1, -0.05) is 50.7 Å². The molecule has 0 fully saturated rings. The van der Waals surface area contributed by atoms with Gasteiger partial charge in [0.15, 0.2) is 0 Å². The van der Waals surface area contributed by atoms with Crippen LogP contribution in [0.15, 0.2) is 24.3 Å². The number of primary amides is 1. The Kier molecular flexibility index (Phi) is 9.06. The first-order valence-corrected chi connectivity index (χ1v) is 8.35. The van der Waals surface area contributed by atoms with Crippen LogP contribution >= 0.6 is 0 Å². The Labute approximate surface area is 144 Å². The molecule has 0 aromatic heterocycles. The summed E-state index contributed by atoms with van der Waals surface area (Å²) in [5, 5.41) is 2.84. The highest BCUT2D eigenvalue weighted by Crippen LogP contribution is 2.16. The van der Waals surface area contributed by atoms with Gasteiger partial charge in [0.25, 0.3) is 5.91 Å². The van der Waals surface area contributed by atoms with Crippen LogP contribution in [0.25, 0.3) is 0 Å². The summed E-state index contributed by atoms with van der Waals surface area (Å²) in [6.45, 7) is 4.59. The standard InChI is InChI=1S/C19H26N2O3/c1-3-9-15(10-4-2)19(23)21-13-7-8-14-24-17-12-6-5-11-16(17)18(20)22/h5-6,11-12,15H,3-4,9-10,13-14H2,1-2H3,(H2,20,22)(H,21,23).